The first kappa shape index (κ1) is 19.2. The molecule has 132 valence electrons. The zero-order chi connectivity index (χ0) is 18.2. The summed E-state index contributed by atoms with van der Waals surface area (Å²) in [5, 5.41) is 6.22. The summed E-state index contributed by atoms with van der Waals surface area (Å²) in [5.74, 6) is -1.13. The molecule has 0 spiro atoms. The molecule has 4 nitrogen and oxygen atoms in total. The minimum absolute atomic E-state index is 0.136. The Labute approximate surface area is 155 Å². The summed E-state index contributed by atoms with van der Waals surface area (Å²) >= 11 is 11.8. The van der Waals surface area contributed by atoms with Crippen molar-refractivity contribution in [2.24, 2.45) is 0 Å². The van der Waals surface area contributed by atoms with Crippen molar-refractivity contribution in [3.8, 4) is 0 Å². The molecule has 0 heterocycles. The summed E-state index contributed by atoms with van der Waals surface area (Å²) in [6, 6.07) is 10.5. The number of rotatable bonds is 7. The maximum Gasteiger partial charge on any atom is 0.251 e. The molecule has 2 aromatic carbocycles. The van der Waals surface area contributed by atoms with E-state index in [4.69, 9.17) is 23.2 Å². The van der Waals surface area contributed by atoms with Crippen LogP contribution < -0.4 is 10.6 Å². The summed E-state index contributed by atoms with van der Waals surface area (Å²) < 4.78 is 12.8. The molecule has 0 unspecified atom stereocenters. The second kappa shape index (κ2) is 9.39. The zero-order valence-corrected chi connectivity index (χ0v) is 14.8. The van der Waals surface area contributed by atoms with Crippen LogP contribution in [0, 0.1) is 5.82 Å². The molecule has 2 rings (SSSR count). The molecule has 0 radical (unpaired) electrons. The van der Waals surface area contributed by atoms with E-state index in [1.165, 1.54) is 24.3 Å². The van der Waals surface area contributed by atoms with Gasteiger partial charge in [0.2, 0.25) is 5.91 Å². The van der Waals surface area contributed by atoms with Crippen molar-refractivity contribution in [3.63, 3.8) is 0 Å². The van der Waals surface area contributed by atoms with Crippen LogP contribution in [0.3, 0.4) is 0 Å². The summed E-state index contributed by atoms with van der Waals surface area (Å²) in [5.41, 5.74) is 1.34. The maximum atomic E-state index is 12.8. The highest BCUT2D eigenvalue weighted by molar-refractivity contribution is 6.42. The van der Waals surface area contributed by atoms with Gasteiger partial charge in [-0.1, -0.05) is 29.3 Å². The van der Waals surface area contributed by atoms with Crippen LogP contribution in [0.4, 0.5) is 4.39 Å². The summed E-state index contributed by atoms with van der Waals surface area (Å²) in [4.78, 5) is 23.5. The Hall–Kier alpha value is -2.11. The lowest BCUT2D eigenvalue weighted by Gasteiger charge is -2.07. The van der Waals surface area contributed by atoms with Crippen LogP contribution in [0.1, 0.15) is 22.3 Å². The molecule has 25 heavy (non-hydrogen) atoms. The number of hydrogen-bond acceptors (Lipinski definition) is 2. The van der Waals surface area contributed by atoms with Gasteiger partial charge in [0, 0.05) is 12.1 Å². The number of aryl methyl sites for hydroxylation is 1. The second-order valence-corrected chi connectivity index (χ2v) is 6.21. The maximum absolute atomic E-state index is 12.8. The molecule has 0 atom stereocenters. The lowest BCUT2D eigenvalue weighted by atomic mass is 10.1. The van der Waals surface area contributed by atoms with Crippen LogP contribution in [0.5, 0.6) is 0 Å². The Morgan fingerprint density at radius 3 is 2.36 bits per heavy atom. The molecule has 2 amide bonds. The van der Waals surface area contributed by atoms with E-state index in [0.717, 1.165) is 18.4 Å². The molecule has 0 saturated heterocycles. The normalized spacial score (nSPS) is 10.4. The van der Waals surface area contributed by atoms with Crippen molar-refractivity contribution in [1.82, 2.24) is 10.6 Å². The van der Waals surface area contributed by atoms with Crippen molar-refractivity contribution in [2.45, 2.75) is 12.8 Å². The molecular weight excluding hydrogens is 366 g/mol. The smallest absolute Gasteiger partial charge is 0.251 e. The van der Waals surface area contributed by atoms with Gasteiger partial charge in [-0.05, 0) is 54.8 Å². The third kappa shape index (κ3) is 6.36. The molecule has 0 bridgehead atoms. The molecule has 2 N–H and O–H groups in total. The van der Waals surface area contributed by atoms with Crippen LogP contribution in [-0.4, -0.2) is 24.9 Å². The van der Waals surface area contributed by atoms with Crippen molar-refractivity contribution in [1.29, 1.82) is 0 Å². The van der Waals surface area contributed by atoms with Gasteiger partial charge < -0.3 is 10.6 Å². The molecular formula is C18H17Cl2FN2O2. The van der Waals surface area contributed by atoms with Gasteiger partial charge >= 0.3 is 0 Å². The number of carbonyl (C=O) groups is 2. The Balaban J connectivity index is 1.66. The molecule has 0 aliphatic heterocycles. The Morgan fingerprint density at radius 2 is 1.68 bits per heavy atom. The molecule has 0 saturated carbocycles. The minimum atomic E-state index is -0.425. The van der Waals surface area contributed by atoms with Crippen LogP contribution in [0.25, 0.3) is 0 Å². The number of benzene rings is 2. The van der Waals surface area contributed by atoms with Gasteiger partial charge in [-0.15, -0.1) is 0 Å². The number of nitrogens with one attached hydrogen (secondary N) is 2. The quantitative estimate of drug-likeness (QED) is 0.718. The van der Waals surface area contributed by atoms with E-state index in [9.17, 15) is 14.0 Å². The van der Waals surface area contributed by atoms with Gasteiger partial charge in [-0.3, -0.25) is 9.59 Å². The number of carbonyl (C=O) groups excluding carboxylic acids is 2. The summed E-state index contributed by atoms with van der Waals surface area (Å²) in [7, 11) is 0. The zero-order valence-electron chi connectivity index (χ0n) is 13.3. The summed E-state index contributed by atoms with van der Waals surface area (Å²) in [6.45, 7) is 0.342. The minimum Gasteiger partial charge on any atom is -0.355 e. The lowest BCUT2D eigenvalue weighted by Crippen LogP contribution is -2.37. The highest BCUT2D eigenvalue weighted by atomic mass is 35.5. The van der Waals surface area contributed by atoms with Gasteiger partial charge in [-0.2, -0.15) is 0 Å². The van der Waals surface area contributed by atoms with Gasteiger partial charge in [0.15, 0.2) is 0 Å². The monoisotopic (exact) mass is 382 g/mol. The molecule has 2 aromatic rings. The van der Waals surface area contributed by atoms with Crippen LogP contribution in [0.2, 0.25) is 10.0 Å². The molecule has 7 heteroatoms. The molecule has 0 aliphatic carbocycles. The first-order valence-electron chi connectivity index (χ1n) is 7.70. The van der Waals surface area contributed by atoms with Gasteiger partial charge in [0.05, 0.1) is 16.6 Å². The largest absolute Gasteiger partial charge is 0.355 e. The average molecular weight is 383 g/mol. The first-order valence-corrected chi connectivity index (χ1v) is 8.45. The van der Waals surface area contributed by atoms with Crippen LogP contribution >= 0.6 is 23.2 Å². The Morgan fingerprint density at radius 1 is 0.960 bits per heavy atom. The van der Waals surface area contributed by atoms with E-state index in [1.54, 1.807) is 12.1 Å². The van der Waals surface area contributed by atoms with Gasteiger partial charge in [0.25, 0.3) is 5.91 Å². The van der Waals surface area contributed by atoms with Gasteiger partial charge in [0.1, 0.15) is 5.82 Å². The predicted molar refractivity (Wildman–Crippen MR) is 96.5 cm³/mol. The first-order chi connectivity index (χ1) is 12.0. The van der Waals surface area contributed by atoms with Crippen molar-refractivity contribution in [3.05, 3.63) is 69.5 Å². The van der Waals surface area contributed by atoms with Gasteiger partial charge in [-0.25, -0.2) is 4.39 Å². The Kier molecular flexibility index (Phi) is 7.22. The fraction of sp³-hybridized carbons (Fsp3) is 0.222. The van der Waals surface area contributed by atoms with E-state index in [-0.39, 0.29) is 12.5 Å². The highest BCUT2D eigenvalue weighted by Gasteiger charge is 2.08. The van der Waals surface area contributed by atoms with E-state index in [0.29, 0.717) is 22.2 Å². The molecule has 0 fully saturated rings. The second-order valence-electron chi connectivity index (χ2n) is 5.39. The SMILES string of the molecule is O=C(CNC(=O)c1ccc(F)cc1)NCCCc1ccc(Cl)c(Cl)c1. The number of hydrogen-bond donors (Lipinski definition) is 2. The fourth-order valence-corrected chi connectivity index (χ4v) is 2.46. The van der Waals surface area contributed by atoms with E-state index < -0.39 is 11.7 Å². The van der Waals surface area contributed by atoms with E-state index >= 15 is 0 Å². The van der Waals surface area contributed by atoms with Crippen LogP contribution in [0.15, 0.2) is 42.5 Å². The summed E-state index contributed by atoms with van der Waals surface area (Å²) in [6.07, 6.45) is 1.48. The Bertz CT molecular complexity index is 751. The standard InChI is InChI=1S/C18H17Cl2FN2O2/c19-15-8-3-12(10-16(15)20)2-1-9-22-17(24)11-23-18(25)13-4-6-14(21)7-5-13/h3-8,10H,1-2,9,11H2,(H,22,24)(H,23,25). The van der Waals surface area contributed by atoms with Crippen molar-refractivity contribution in [2.75, 3.05) is 13.1 Å². The number of halogens is 3. The average Bonchev–Trinajstić information content (AvgIpc) is 2.60. The van der Waals surface area contributed by atoms with E-state index in [2.05, 4.69) is 10.6 Å². The van der Waals surface area contributed by atoms with Crippen molar-refractivity contribution >= 4 is 35.0 Å². The third-order valence-electron chi connectivity index (χ3n) is 3.46. The van der Waals surface area contributed by atoms with E-state index in [1.807, 2.05) is 6.07 Å². The highest BCUT2D eigenvalue weighted by Crippen LogP contribution is 2.23. The third-order valence-corrected chi connectivity index (χ3v) is 4.20. The topological polar surface area (TPSA) is 58.2 Å². The number of amides is 2. The lowest BCUT2D eigenvalue weighted by molar-refractivity contribution is -0.120. The van der Waals surface area contributed by atoms with Crippen LogP contribution in [-0.2, 0) is 11.2 Å². The van der Waals surface area contributed by atoms with Crippen molar-refractivity contribution < 1.29 is 14.0 Å². The molecule has 0 aromatic heterocycles. The fourth-order valence-electron chi connectivity index (χ4n) is 2.14. The predicted octanol–water partition coefficient (Wildman–Crippen LogP) is 3.61. The molecule has 0 aliphatic rings.